The van der Waals surface area contributed by atoms with E-state index < -0.39 is 23.0 Å². The van der Waals surface area contributed by atoms with Gasteiger partial charge in [0.1, 0.15) is 6.42 Å². The van der Waals surface area contributed by atoms with Crippen molar-refractivity contribution in [3.05, 3.63) is 0 Å². The van der Waals surface area contributed by atoms with Gasteiger partial charge in [-0.05, 0) is 60.8 Å². The smallest absolute Gasteiger partial charge is 0.311 e. The summed E-state index contributed by atoms with van der Waals surface area (Å²) in [6.45, 7) is 17.1. The second kappa shape index (κ2) is 8.97. The van der Waals surface area contributed by atoms with Crippen LogP contribution >= 0.6 is 0 Å². The summed E-state index contributed by atoms with van der Waals surface area (Å²) in [5.74, 6) is -1.35. The number of esters is 1. The van der Waals surface area contributed by atoms with Crippen LogP contribution in [-0.4, -0.2) is 29.6 Å². The van der Waals surface area contributed by atoms with Crippen LogP contribution in [0, 0.1) is 5.92 Å². The minimum atomic E-state index is -1.39. The standard InChI is InChI=1S/C17H34O6/c1-13(2)10-11-19-14(18)12-17(9,22-20-15(3,4)5)23-21-16(6,7)8/h13H,10-12H2,1-9H3. The summed E-state index contributed by atoms with van der Waals surface area (Å²) < 4.78 is 5.20. The third kappa shape index (κ3) is 13.4. The van der Waals surface area contributed by atoms with Crippen molar-refractivity contribution >= 4 is 5.97 Å². The van der Waals surface area contributed by atoms with Gasteiger partial charge >= 0.3 is 5.97 Å². The number of carbonyl (C=O) groups is 1. The molecule has 6 heteroatoms. The molecule has 6 nitrogen and oxygen atoms in total. The fourth-order valence-corrected chi connectivity index (χ4v) is 1.22. The molecule has 0 spiro atoms. The van der Waals surface area contributed by atoms with Crippen molar-refractivity contribution in [1.82, 2.24) is 0 Å². The molecule has 0 aliphatic carbocycles. The van der Waals surface area contributed by atoms with Gasteiger partial charge in [-0.2, -0.15) is 9.78 Å². The Bertz CT molecular complexity index is 333. The Hall–Kier alpha value is -0.690. The molecule has 0 atom stereocenters. The van der Waals surface area contributed by atoms with Crippen LogP contribution in [0.25, 0.3) is 0 Å². The van der Waals surface area contributed by atoms with E-state index in [1.54, 1.807) is 6.92 Å². The third-order valence-corrected chi connectivity index (χ3v) is 2.36. The Labute approximate surface area is 140 Å². The van der Waals surface area contributed by atoms with E-state index in [2.05, 4.69) is 13.8 Å². The van der Waals surface area contributed by atoms with Gasteiger partial charge in [0, 0.05) is 0 Å². The maximum absolute atomic E-state index is 12.0. The number of hydrogen-bond acceptors (Lipinski definition) is 6. The Morgan fingerprint density at radius 2 is 1.26 bits per heavy atom. The summed E-state index contributed by atoms with van der Waals surface area (Å²) in [4.78, 5) is 33.3. The maximum Gasteiger partial charge on any atom is 0.311 e. The van der Waals surface area contributed by atoms with E-state index in [0.717, 1.165) is 6.42 Å². The van der Waals surface area contributed by atoms with Gasteiger partial charge in [0.05, 0.1) is 17.8 Å². The molecule has 0 rings (SSSR count). The molecule has 0 radical (unpaired) electrons. The molecule has 138 valence electrons. The van der Waals surface area contributed by atoms with E-state index in [-0.39, 0.29) is 6.42 Å². The SMILES string of the molecule is CC(C)CCOC(=O)CC(C)(OOC(C)(C)C)OOC(C)(C)C. The molecule has 0 aliphatic rings. The summed E-state index contributed by atoms with van der Waals surface area (Å²) in [7, 11) is 0. The van der Waals surface area contributed by atoms with Gasteiger partial charge in [-0.1, -0.05) is 13.8 Å². The lowest BCUT2D eigenvalue weighted by molar-refractivity contribution is -0.535. The van der Waals surface area contributed by atoms with E-state index in [0.29, 0.717) is 12.5 Å². The first-order chi connectivity index (χ1) is 10.2. The summed E-state index contributed by atoms with van der Waals surface area (Å²) in [5, 5.41) is 0. The minimum absolute atomic E-state index is 0.142. The monoisotopic (exact) mass is 334 g/mol. The lowest BCUT2D eigenvalue weighted by atomic mass is 10.1. The molecule has 0 aromatic heterocycles. The van der Waals surface area contributed by atoms with Gasteiger partial charge in [-0.15, -0.1) is 0 Å². The minimum Gasteiger partial charge on any atom is -0.466 e. The van der Waals surface area contributed by atoms with Crippen molar-refractivity contribution in [2.24, 2.45) is 5.92 Å². The first-order valence-electron chi connectivity index (χ1n) is 8.12. The third-order valence-electron chi connectivity index (χ3n) is 2.36. The number of hydrogen-bond donors (Lipinski definition) is 0. The van der Waals surface area contributed by atoms with Crippen molar-refractivity contribution in [2.75, 3.05) is 6.61 Å². The predicted molar refractivity (Wildman–Crippen MR) is 87.3 cm³/mol. The first kappa shape index (κ1) is 22.3. The fraction of sp³-hybridized carbons (Fsp3) is 0.941. The topological polar surface area (TPSA) is 63.2 Å². The molecule has 0 fully saturated rings. The Balaban J connectivity index is 4.66. The normalized spacial score (nSPS) is 13.5. The molecule has 0 saturated heterocycles. The van der Waals surface area contributed by atoms with Crippen molar-refractivity contribution < 1.29 is 29.1 Å². The highest BCUT2D eigenvalue weighted by Gasteiger charge is 2.37. The molecule has 0 saturated carbocycles. The average Bonchev–Trinajstić information content (AvgIpc) is 2.32. The summed E-state index contributed by atoms with van der Waals surface area (Å²) in [5.41, 5.74) is -1.10. The maximum atomic E-state index is 12.0. The van der Waals surface area contributed by atoms with E-state index >= 15 is 0 Å². The van der Waals surface area contributed by atoms with Gasteiger partial charge in [0.15, 0.2) is 0 Å². The molecular formula is C17H34O6. The lowest BCUT2D eigenvalue weighted by Crippen LogP contribution is -2.40. The zero-order chi connectivity index (χ0) is 18.3. The van der Waals surface area contributed by atoms with Crippen LogP contribution in [0.5, 0.6) is 0 Å². The van der Waals surface area contributed by atoms with Crippen LogP contribution in [0.4, 0.5) is 0 Å². The number of carbonyl (C=O) groups excluding carboxylic acids is 1. The van der Waals surface area contributed by atoms with Gasteiger partial charge in [0.25, 0.3) is 0 Å². The van der Waals surface area contributed by atoms with Gasteiger partial charge in [0.2, 0.25) is 5.79 Å². The van der Waals surface area contributed by atoms with Crippen molar-refractivity contribution in [2.45, 2.75) is 92.1 Å². The molecule has 23 heavy (non-hydrogen) atoms. The largest absolute Gasteiger partial charge is 0.466 e. The zero-order valence-electron chi connectivity index (χ0n) is 16.1. The van der Waals surface area contributed by atoms with E-state index in [1.807, 2.05) is 41.5 Å². The zero-order valence-corrected chi connectivity index (χ0v) is 16.1. The number of ether oxygens (including phenoxy) is 1. The predicted octanol–water partition coefficient (Wildman–Crippen LogP) is 4.18. The second-order valence-electron chi connectivity index (χ2n) is 8.27. The fourth-order valence-electron chi connectivity index (χ4n) is 1.22. The van der Waals surface area contributed by atoms with Crippen molar-refractivity contribution in [3.8, 4) is 0 Å². The van der Waals surface area contributed by atoms with Crippen LogP contribution in [0.2, 0.25) is 0 Å². The molecule has 0 amide bonds. The van der Waals surface area contributed by atoms with E-state index in [4.69, 9.17) is 24.3 Å². The molecule has 0 heterocycles. The number of rotatable bonds is 9. The highest BCUT2D eigenvalue weighted by Crippen LogP contribution is 2.25. The van der Waals surface area contributed by atoms with E-state index in [1.165, 1.54) is 0 Å². The molecule has 0 aliphatic heterocycles. The van der Waals surface area contributed by atoms with Crippen LogP contribution in [-0.2, 0) is 29.1 Å². The van der Waals surface area contributed by atoms with Crippen LogP contribution in [0.1, 0.15) is 75.2 Å². The molecule has 0 bridgehead atoms. The summed E-state index contributed by atoms with van der Waals surface area (Å²) in [6, 6.07) is 0. The van der Waals surface area contributed by atoms with Gasteiger partial charge < -0.3 is 4.74 Å². The molecule has 0 aromatic carbocycles. The quantitative estimate of drug-likeness (QED) is 0.273. The van der Waals surface area contributed by atoms with Crippen molar-refractivity contribution in [3.63, 3.8) is 0 Å². The highest BCUT2D eigenvalue weighted by molar-refractivity contribution is 5.70. The Morgan fingerprint density at radius 1 is 0.826 bits per heavy atom. The van der Waals surface area contributed by atoms with Crippen LogP contribution in [0.3, 0.4) is 0 Å². The molecule has 0 unspecified atom stereocenters. The van der Waals surface area contributed by atoms with Gasteiger partial charge in [-0.25, -0.2) is 9.78 Å². The van der Waals surface area contributed by atoms with E-state index in [9.17, 15) is 4.79 Å². The summed E-state index contributed by atoms with van der Waals surface area (Å²) in [6.07, 6.45) is 0.665. The lowest BCUT2D eigenvalue weighted by Gasteiger charge is -2.32. The first-order valence-corrected chi connectivity index (χ1v) is 8.12. The average molecular weight is 334 g/mol. The highest BCUT2D eigenvalue weighted by atomic mass is 17.3. The Morgan fingerprint density at radius 3 is 1.61 bits per heavy atom. The molecule has 0 aromatic rings. The Kier molecular flexibility index (Phi) is 8.70. The van der Waals surface area contributed by atoms with Crippen LogP contribution < -0.4 is 0 Å². The molecule has 0 N–H and O–H groups in total. The van der Waals surface area contributed by atoms with Crippen molar-refractivity contribution in [1.29, 1.82) is 0 Å². The van der Waals surface area contributed by atoms with Crippen LogP contribution in [0.15, 0.2) is 0 Å². The summed E-state index contributed by atoms with van der Waals surface area (Å²) >= 11 is 0. The van der Waals surface area contributed by atoms with Gasteiger partial charge in [-0.3, -0.25) is 4.79 Å². The second-order valence-corrected chi connectivity index (χ2v) is 8.27. The molecular weight excluding hydrogens is 300 g/mol.